The lowest BCUT2D eigenvalue weighted by Gasteiger charge is -2.26. The van der Waals surface area contributed by atoms with Crippen molar-refractivity contribution in [1.82, 2.24) is 0 Å². The second-order valence-electron chi connectivity index (χ2n) is 10.1. The summed E-state index contributed by atoms with van der Waals surface area (Å²) in [5.41, 5.74) is -3.75. The first-order chi connectivity index (χ1) is 16.9. The Balaban J connectivity index is 2.07. The number of rotatable bonds is 7. The summed E-state index contributed by atoms with van der Waals surface area (Å²) in [5.74, 6) is -1.07. The molecular formula is C24H28O12S. The molecular weight excluding hydrogens is 512 g/mol. The molecule has 1 aliphatic rings. The highest BCUT2D eigenvalue weighted by molar-refractivity contribution is 7.81. The van der Waals surface area contributed by atoms with Crippen LogP contribution < -0.4 is 19.1 Å². The molecule has 0 spiro atoms. The Morgan fingerprint density at radius 1 is 1.14 bits per heavy atom. The number of hydrogen-bond acceptors (Lipinski definition) is 11. The standard InChI is InChI=1S/C24H28O12S/c1-23(2,28)16(25)6-11-18-13(9-15(22(11)33-5)36-37(30,31)32)34-14-8-12-10(20(26)19(14)21(18)27)7-17(35-12)24(3,4)29/h8-9,16-17,25-26,28-29H,6-7H2,1-5H3,(H,30,31,32). The number of phenolic OH excluding ortho intramolecular Hbond substituents is 1. The summed E-state index contributed by atoms with van der Waals surface area (Å²) in [5, 5.41) is 41.9. The highest BCUT2D eigenvalue weighted by atomic mass is 32.3. The van der Waals surface area contributed by atoms with Crippen LogP contribution in [-0.4, -0.2) is 63.9 Å². The van der Waals surface area contributed by atoms with Gasteiger partial charge in [0.15, 0.2) is 11.5 Å². The van der Waals surface area contributed by atoms with E-state index >= 15 is 0 Å². The maximum Gasteiger partial charge on any atom is 0.446 e. The van der Waals surface area contributed by atoms with Crippen molar-refractivity contribution in [2.75, 3.05) is 7.11 Å². The van der Waals surface area contributed by atoms with Gasteiger partial charge in [0.1, 0.15) is 34.2 Å². The number of fused-ring (bicyclic) bond motifs is 3. The van der Waals surface area contributed by atoms with Gasteiger partial charge in [0.2, 0.25) is 5.43 Å². The summed E-state index contributed by atoms with van der Waals surface area (Å²) in [4.78, 5) is 13.8. The van der Waals surface area contributed by atoms with Gasteiger partial charge in [-0.3, -0.25) is 9.35 Å². The third-order valence-electron chi connectivity index (χ3n) is 6.37. The van der Waals surface area contributed by atoms with E-state index in [0.29, 0.717) is 5.56 Å². The predicted molar refractivity (Wildman–Crippen MR) is 131 cm³/mol. The minimum Gasteiger partial charge on any atom is -0.507 e. The van der Waals surface area contributed by atoms with Crippen molar-refractivity contribution < 1.29 is 51.5 Å². The van der Waals surface area contributed by atoms with Crippen LogP contribution in [0, 0.1) is 0 Å². The number of methoxy groups -OCH3 is 1. The van der Waals surface area contributed by atoms with Gasteiger partial charge >= 0.3 is 10.4 Å². The zero-order valence-electron chi connectivity index (χ0n) is 20.7. The van der Waals surface area contributed by atoms with Gasteiger partial charge in [0.05, 0.1) is 29.8 Å². The molecule has 0 radical (unpaired) electrons. The Kier molecular flexibility index (Phi) is 6.36. The summed E-state index contributed by atoms with van der Waals surface area (Å²) in [7, 11) is -3.88. The molecule has 0 aliphatic carbocycles. The summed E-state index contributed by atoms with van der Waals surface area (Å²) in [6, 6.07) is 2.38. The van der Waals surface area contributed by atoms with Crippen molar-refractivity contribution in [3.05, 3.63) is 33.5 Å². The first-order valence-electron chi connectivity index (χ1n) is 11.2. The largest absolute Gasteiger partial charge is 0.507 e. The number of phenols is 1. The van der Waals surface area contributed by atoms with Crippen molar-refractivity contribution in [2.24, 2.45) is 0 Å². The third kappa shape index (κ3) is 4.92. The molecule has 0 saturated heterocycles. The van der Waals surface area contributed by atoms with Crippen LogP contribution >= 0.6 is 0 Å². The van der Waals surface area contributed by atoms with Crippen LogP contribution in [0.5, 0.6) is 23.0 Å². The molecule has 37 heavy (non-hydrogen) atoms. The fraction of sp³-hybridized carbons (Fsp3) is 0.458. The second kappa shape index (κ2) is 8.74. The third-order valence-corrected chi connectivity index (χ3v) is 6.76. The number of benzene rings is 2. The topological polar surface area (TPSA) is 193 Å². The van der Waals surface area contributed by atoms with E-state index in [4.69, 9.17) is 13.9 Å². The SMILES string of the molecule is COc1c(OS(=O)(=O)O)cc2oc3cc4c(c(O)c3c(=O)c2c1CC(O)C(C)(C)O)CC(C(C)(C)O)O4. The van der Waals surface area contributed by atoms with Crippen LogP contribution in [0.4, 0.5) is 0 Å². The Morgan fingerprint density at radius 2 is 1.76 bits per heavy atom. The van der Waals surface area contributed by atoms with Crippen molar-refractivity contribution in [1.29, 1.82) is 0 Å². The van der Waals surface area contributed by atoms with Crippen LogP contribution in [0.1, 0.15) is 38.8 Å². The Labute approximate surface area is 211 Å². The fourth-order valence-corrected chi connectivity index (χ4v) is 4.67. The van der Waals surface area contributed by atoms with E-state index in [2.05, 4.69) is 4.18 Å². The number of ether oxygens (including phenoxy) is 2. The quantitative estimate of drug-likeness (QED) is 0.215. The first kappa shape index (κ1) is 26.9. The molecule has 13 heteroatoms. The van der Waals surface area contributed by atoms with Crippen LogP contribution in [0.15, 0.2) is 21.3 Å². The van der Waals surface area contributed by atoms with Crippen LogP contribution in [-0.2, 0) is 23.2 Å². The van der Waals surface area contributed by atoms with E-state index in [-0.39, 0.29) is 45.4 Å². The van der Waals surface area contributed by atoms with Gasteiger partial charge in [-0.1, -0.05) is 0 Å². The highest BCUT2D eigenvalue weighted by Crippen LogP contribution is 2.45. The molecule has 0 fully saturated rings. The van der Waals surface area contributed by atoms with Crippen molar-refractivity contribution in [2.45, 2.75) is 63.9 Å². The molecule has 12 nitrogen and oxygen atoms in total. The van der Waals surface area contributed by atoms with E-state index in [9.17, 15) is 38.2 Å². The minimum absolute atomic E-state index is 0.0885. The van der Waals surface area contributed by atoms with E-state index in [0.717, 1.165) is 13.2 Å². The molecule has 0 bridgehead atoms. The normalized spacial score (nSPS) is 17.1. The van der Waals surface area contributed by atoms with Crippen LogP contribution in [0.3, 0.4) is 0 Å². The number of hydrogen-bond donors (Lipinski definition) is 5. The van der Waals surface area contributed by atoms with Crippen molar-refractivity contribution in [3.8, 4) is 23.0 Å². The summed E-state index contributed by atoms with van der Waals surface area (Å²) in [6.07, 6.45) is -2.47. The van der Waals surface area contributed by atoms with Gasteiger partial charge < -0.3 is 38.5 Å². The maximum atomic E-state index is 13.8. The summed E-state index contributed by atoms with van der Waals surface area (Å²) >= 11 is 0. The van der Waals surface area contributed by atoms with E-state index in [1.165, 1.54) is 19.9 Å². The van der Waals surface area contributed by atoms with Gasteiger partial charge in [-0.15, -0.1) is 0 Å². The zero-order chi connectivity index (χ0) is 27.7. The molecule has 4 rings (SSSR count). The van der Waals surface area contributed by atoms with Crippen LogP contribution in [0.25, 0.3) is 21.9 Å². The van der Waals surface area contributed by atoms with E-state index in [1.807, 2.05) is 0 Å². The number of aliphatic hydroxyl groups excluding tert-OH is 1. The maximum absolute atomic E-state index is 13.8. The number of aliphatic hydroxyl groups is 3. The molecule has 2 heterocycles. The molecule has 3 aromatic rings. The molecule has 2 unspecified atom stereocenters. The van der Waals surface area contributed by atoms with Gasteiger partial charge in [0.25, 0.3) is 0 Å². The van der Waals surface area contributed by atoms with Gasteiger partial charge in [0, 0.05) is 36.1 Å². The van der Waals surface area contributed by atoms with Crippen LogP contribution in [0.2, 0.25) is 0 Å². The lowest BCUT2D eigenvalue weighted by Crippen LogP contribution is -2.39. The Hall–Kier alpha value is -3.10. The Morgan fingerprint density at radius 3 is 2.30 bits per heavy atom. The minimum atomic E-state index is -5.03. The highest BCUT2D eigenvalue weighted by Gasteiger charge is 2.38. The smallest absolute Gasteiger partial charge is 0.446 e. The zero-order valence-corrected chi connectivity index (χ0v) is 21.5. The van der Waals surface area contributed by atoms with Gasteiger partial charge in [-0.05, 0) is 27.7 Å². The molecule has 5 N–H and O–H groups in total. The second-order valence-corrected chi connectivity index (χ2v) is 11.1. The van der Waals surface area contributed by atoms with E-state index < -0.39 is 57.2 Å². The predicted octanol–water partition coefficient (Wildman–Crippen LogP) is 1.59. The Bertz CT molecular complexity index is 1560. The molecule has 1 aromatic heterocycles. The molecule has 202 valence electrons. The van der Waals surface area contributed by atoms with E-state index in [1.54, 1.807) is 13.8 Å². The monoisotopic (exact) mass is 540 g/mol. The molecule has 1 aliphatic heterocycles. The van der Waals surface area contributed by atoms with Crippen molar-refractivity contribution >= 4 is 32.3 Å². The van der Waals surface area contributed by atoms with Crippen molar-refractivity contribution in [3.63, 3.8) is 0 Å². The molecule has 2 aromatic carbocycles. The summed E-state index contributed by atoms with van der Waals surface area (Å²) < 4.78 is 53.8. The lowest BCUT2D eigenvalue weighted by molar-refractivity contribution is -0.0469. The fourth-order valence-electron chi connectivity index (χ4n) is 4.32. The van der Waals surface area contributed by atoms with Gasteiger partial charge in [-0.25, -0.2) is 0 Å². The first-order valence-corrected chi connectivity index (χ1v) is 12.6. The van der Waals surface area contributed by atoms with Gasteiger partial charge in [-0.2, -0.15) is 8.42 Å². The average Bonchev–Trinajstić information content (AvgIpc) is 3.16. The lowest BCUT2D eigenvalue weighted by atomic mass is 9.91. The average molecular weight is 541 g/mol. The molecule has 0 saturated carbocycles. The summed E-state index contributed by atoms with van der Waals surface area (Å²) in [6.45, 7) is 5.75. The molecule has 2 atom stereocenters. The molecule has 0 amide bonds. The number of aromatic hydroxyl groups is 1.